The zero-order chi connectivity index (χ0) is 17.0. The number of nitrogens with two attached hydrogens (primary N) is 1. The van der Waals surface area contributed by atoms with E-state index in [-0.39, 0.29) is 29.6 Å². The fraction of sp³-hybridized carbons (Fsp3) is 1.00. The number of hydrogen-bond acceptors (Lipinski definition) is 4. The first-order valence-electron chi connectivity index (χ1n) is 5.87. The van der Waals surface area contributed by atoms with Crippen LogP contribution in [-0.4, -0.2) is 36.3 Å². The molecule has 0 saturated heterocycles. The monoisotopic (exact) mass is 278 g/mol. The van der Waals surface area contributed by atoms with Crippen molar-refractivity contribution >= 4 is 15.2 Å². The molecule has 0 heterocycles. The summed E-state index contributed by atoms with van der Waals surface area (Å²) in [5.41, 5.74) is 4.68. The number of aliphatic hydroxyl groups is 1. The molecule has 0 fully saturated rings. The Kier molecular flexibility index (Phi) is 3.82. The van der Waals surface area contributed by atoms with Crippen LogP contribution in [-0.2, 0) is 9.13 Å². The van der Waals surface area contributed by atoms with Gasteiger partial charge in [-0.1, -0.05) is 0 Å². The van der Waals surface area contributed by atoms with E-state index in [0.29, 0.717) is 0 Å². The van der Waals surface area contributed by atoms with Crippen LogP contribution in [0.5, 0.6) is 0 Å². The molecule has 11 heteroatoms. The first-order chi connectivity index (χ1) is 8.25. The molecule has 0 amide bonds. The summed E-state index contributed by atoms with van der Waals surface area (Å²) in [7, 11) is -12.7. The maximum absolute atomic E-state index is 11.1. The van der Waals surface area contributed by atoms with E-state index in [9.17, 15) is 14.2 Å². The molecule has 0 aromatic rings. The summed E-state index contributed by atoms with van der Waals surface area (Å²) in [5, 5.41) is 4.73. The van der Waals surface area contributed by atoms with E-state index < -0.39 is 39.5 Å². The summed E-state index contributed by atoms with van der Waals surface area (Å²) in [4.78, 5) is 35.3. The van der Waals surface area contributed by atoms with E-state index >= 15 is 0 Å². The van der Waals surface area contributed by atoms with Gasteiger partial charge in [0, 0.05) is 14.6 Å². The fourth-order valence-corrected chi connectivity index (χ4v) is 2.20. The van der Waals surface area contributed by atoms with E-state index in [1.54, 1.807) is 0 Å². The summed E-state index contributed by atoms with van der Waals surface area (Å²) >= 11 is 0. The van der Waals surface area contributed by atoms with E-state index in [0.717, 1.165) is 0 Å². The van der Waals surface area contributed by atoms with Crippen molar-refractivity contribution in [1.82, 2.24) is 0 Å². The van der Waals surface area contributed by atoms with Gasteiger partial charge in [-0.25, -0.2) is 0 Å². The van der Waals surface area contributed by atoms with Gasteiger partial charge in [-0.05, 0) is 12.9 Å². The van der Waals surface area contributed by atoms with Gasteiger partial charge in [-0.3, -0.25) is 9.13 Å². The number of hydrogen-bond donors (Lipinski definition) is 6. The van der Waals surface area contributed by atoms with Crippen LogP contribution in [0.2, 0.25) is 0 Å². The molecule has 0 atom stereocenters. The molecular weight excluding hydrogens is 259 g/mol. The van der Waals surface area contributed by atoms with Crippen molar-refractivity contribution < 1.29 is 71.6 Å². The molecule has 0 aliphatic heterocycles. The van der Waals surface area contributed by atoms with Crippen LogP contribution in [0, 0.1) is 0 Å². The third-order valence-corrected chi connectivity index (χ3v) is 4.53. The van der Waals surface area contributed by atoms with Crippen LogP contribution in [0.4, 0.5) is 0 Å². The molecule has 0 aromatic carbocycles. The van der Waals surface area contributed by atoms with E-state index in [2.05, 4.69) is 5.73 Å². The minimum atomic E-state index is -6.34. The molecular formula is C4H13NNaO7P2+. The zero-order valence-corrected chi connectivity index (χ0v) is 11.3. The van der Waals surface area contributed by atoms with Crippen molar-refractivity contribution in [1.29, 1.82) is 0 Å². The van der Waals surface area contributed by atoms with Gasteiger partial charge in [0.15, 0.2) is 0 Å². The van der Waals surface area contributed by atoms with Crippen molar-refractivity contribution in [2.24, 2.45) is 5.73 Å². The summed E-state index contributed by atoms with van der Waals surface area (Å²) in [6, 6.07) is 0. The molecule has 0 bridgehead atoms. The molecule has 0 rings (SSSR count). The average Bonchev–Trinajstić information content (AvgIpc) is 2.10. The fourth-order valence-electron chi connectivity index (χ4n) is 0.435. The molecule has 0 unspecified atom stereocenters. The van der Waals surface area contributed by atoms with Crippen LogP contribution >= 0.6 is 15.2 Å². The standard InChI is InChI=1S/C4H13NO7P2.Na/c5-3-1-2-4(6,13(7,8)9)14(10,11)12;/h6H,1-3,5H2,(H2,7,8,9)(H2,10,11,12);/q;+1/i1D2,2D2,3D2;. The second kappa shape index (κ2) is 6.23. The molecule has 86 valence electrons. The van der Waals surface area contributed by atoms with Crippen LogP contribution in [0.3, 0.4) is 0 Å². The first kappa shape index (κ1) is 9.19. The smallest absolute Gasteiger partial charge is 0.368 e. The second-order valence-electron chi connectivity index (χ2n) is 2.12. The molecule has 7 N–H and O–H groups in total. The quantitative estimate of drug-likeness (QED) is 0.217. The van der Waals surface area contributed by atoms with Gasteiger partial charge < -0.3 is 30.4 Å². The Labute approximate surface area is 117 Å². The van der Waals surface area contributed by atoms with Crippen molar-refractivity contribution in [2.45, 2.75) is 17.8 Å². The molecule has 0 saturated carbocycles. The minimum Gasteiger partial charge on any atom is -0.368 e. The van der Waals surface area contributed by atoms with Gasteiger partial charge in [0.1, 0.15) is 0 Å². The Morgan fingerprint density at radius 3 is 1.73 bits per heavy atom. The zero-order valence-electron chi connectivity index (χ0n) is 13.5. The maximum Gasteiger partial charge on any atom is 1.00 e. The summed E-state index contributed by atoms with van der Waals surface area (Å²) < 4.78 is 64.6. The predicted molar refractivity (Wildman–Crippen MR) is 47.3 cm³/mol. The van der Waals surface area contributed by atoms with Crippen LogP contribution in [0.15, 0.2) is 0 Å². The van der Waals surface area contributed by atoms with Gasteiger partial charge in [0.2, 0.25) is 0 Å². The van der Waals surface area contributed by atoms with Crippen LogP contribution in [0.1, 0.15) is 21.0 Å². The summed E-state index contributed by atoms with van der Waals surface area (Å²) in [5.74, 6) is 0. The number of rotatable bonds is 5. The third-order valence-electron chi connectivity index (χ3n) is 1.11. The maximum atomic E-state index is 11.1. The summed E-state index contributed by atoms with van der Waals surface area (Å²) in [6.07, 6.45) is -8.49. The SMILES string of the molecule is [2H]C([2H])(N)C([2H])([2H])C([2H])([2H])C(O)(P(=O)(O)O)P(=O)(O)O.[Na+]. The molecule has 0 aliphatic carbocycles. The van der Waals surface area contributed by atoms with Gasteiger partial charge in [-0.15, -0.1) is 0 Å². The molecule has 0 radical (unpaired) electrons. The van der Waals surface area contributed by atoms with Gasteiger partial charge >= 0.3 is 44.7 Å². The van der Waals surface area contributed by atoms with E-state index in [4.69, 9.17) is 27.8 Å². The normalized spacial score (nSPS) is 22.3. The van der Waals surface area contributed by atoms with Crippen molar-refractivity contribution in [2.75, 3.05) is 6.50 Å². The van der Waals surface area contributed by atoms with Gasteiger partial charge in [0.05, 0.1) is 0 Å². The Bertz CT molecular complexity index is 462. The average molecular weight is 278 g/mol. The molecule has 15 heavy (non-hydrogen) atoms. The van der Waals surface area contributed by atoms with Crippen molar-refractivity contribution in [3.8, 4) is 0 Å². The molecule has 0 aliphatic rings. The topological polar surface area (TPSA) is 161 Å². The third kappa shape index (κ3) is 4.53. The van der Waals surface area contributed by atoms with Crippen molar-refractivity contribution in [3.63, 3.8) is 0 Å². The van der Waals surface area contributed by atoms with E-state index in [1.165, 1.54) is 0 Å². The largest absolute Gasteiger partial charge is 1.00 e. The predicted octanol–water partition coefficient (Wildman–Crippen LogP) is -4.27. The van der Waals surface area contributed by atoms with Gasteiger partial charge in [-0.2, -0.15) is 0 Å². The summed E-state index contributed by atoms with van der Waals surface area (Å²) in [6.45, 7) is -3.62. The van der Waals surface area contributed by atoms with E-state index in [1.807, 2.05) is 0 Å². The second-order valence-corrected chi connectivity index (χ2v) is 5.94. The Hall–Kier alpha value is 1.22. The first-order valence-corrected chi connectivity index (χ1v) is 6.10. The van der Waals surface area contributed by atoms with Crippen LogP contribution < -0.4 is 35.3 Å². The Morgan fingerprint density at radius 2 is 1.53 bits per heavy atom. The van der Waals surface area contributed by atoms with Crippen LogP contribution in [0.25, 0.3) is 0 Å². The van der Waals surface area contributed by atoms with Gasteiger partial charge in [0.25, 0.3) is 5.08 Å². The minimum absolute atomic E-state index is 0. The molecule has 0 aromatic heterocycles. The Morgan fingerprint density at radius 1 is 1.20 bits per heavy atom. The molecule has 8 nitrogen and oxygen atoms in total. The van der Waals surface area contributed by atoms with Crippen molar-refractivity contribution in [3.05, 3.63) is 0 Å². The Balaban J connectivity index is 0. The molecule has 0 spiro atoms.